The first-order valence-corrected chi connectivity index (χ1v) is 6.90. The van der Waals surface area contributed by atoms with Crippen LogP contribution < -0.4 is 10.9 Å². The van der Waals surface area contributed by atoms with E-state index < -0.39 is 0 Å². The zero-order chi connectivity index (χ0) is 13.8. The number of rotatable bonds is 5. The molecule has 0 radical (unpaired) electrons. The van der Waals surface area contributed by atoms with E-state index in [1.165, 1.54) is 4.68 Å². The Hall–Kier alpha value is -1.63. The Morgan fingerprint density at radius 1 is 1.47 bits per heavy atom. The fraction of sp³-hybridized carbons (Fsp3) is 0.417. The average Bonchev–Trinajstić information content (AvgIpc) is 2.88. The summed E-state index contributed by atoms with van der Waals surface area (Å²) in [6.07, 6.45) is 5.31. The Balaban J connectivity index is 2.11. The molecule has 2 aromatic heterocycles. The van der Waals surface area contributed by atoms with Crippen molar-refractivity contribution >= 4 is 21.6 Å². The summed E-state index contributed by atoms with van der Waals surface area (Å²) < 4.78 is 3.76. The van der Waals surface area contributed by atoms with Gasteiger partial charge in [-0.3, -0.25) is 9.48 Å². The van der Waals surface area contributed by atoms with Crippen molar-refractivity contribution in [3.05, 3.63) is 39.5 Å². The Bertz CT molecular complexity index is 593. The van der Waals surface area contributed by atoms with E-state index in [2.05, 4.69) is 31.4 Å². The van der Waals surface area contributed by atoms with Crippen LogP contribution in [0.3, 0.4) is 0 Å². The topological polar surface area (TPSA) is 64.7 Å². The zero-order valence-electron chi connectivity index (χ0n) is 10.9. The third-order valence-electron chi connectivity index (χ3n) is 2.71. The lowest BCUT2D eigenvalue weighted by molar-refractivity contribution is 0.558. The number of aromatic nitrogens is 4. The monoisotopic (exact) mass is 325 g/mol. The lowest BCUT2D eigenvalue weighted by atomic mass is 10.3. The predicted octanol–water partition coefficient (Wildman–Crippen LogP) is 1.72. The maximum atomic E-state index is 11.9. The van der Waals surface area contributed by atoms with Crippen molar-refractivity contribution in [1.29, 1.82) is 0 Å². The molecule has 19 heavy (non-hydrogen) atoms. The number of hydrogen-bond acceptors (Lipinski definition) is 4. The predicted molar refractivity (Wildman–Crippen MR) is 77.2 cm³/mol. The Morgan fingerprint density at radius 3 is 2.89 bits per heavy atom. The highest BCUT2D eigenvalue weighted by Gasteiger charge is 2.10. The Morgan fingerprint density at radius 2 is 2.26 bits per heavy atom. The zero-order valence-corrected chi connectivity index (χ0v) is 12.5. The molecule has 0 amide bonds. The second-order valence-electron chi connectivity index (χ2n) is 4.27. The quantitative estimate of drug-likeness (QED) is 0.909. The summed E-state index contributed by atoms with van der Waals surface area (Å²) in [5, 5.41) is 11.5. The molecule has 1 atom stereocenters. The lowest BCUT2D eigenvalue weighted by Gasteiger charge is -2.16. The molecule has 0 aliphatic heterocycles. The number of aryl methyl sites for hydroxylation is 1. The second kappa shape index (κ2) is 6.01. The largest absolute Gasteiger partial charge is 0.378 e. The molecule has 2 rings (SSSR count). The molecule has 0 saturated carbocycles. The van der Waals surface area contributed by atoms with Crippen LogP contribution in [0.15, 0.2) is 33.9 Å². The smallest absolute Gasteiger partial charge is 0.283 e. The Kier molecular flexibility index (Phi) is 4.36. The summed E-state index contributed by atoms with van der Waals surface area (Å²) in [5.74, 6) is 0. The van der Waals surface area contributed by atoms with Crippen molar-refractivity contribution in [2.45, 2.75) is 33.0 Å². The molecule has 0 fully saturated rings. The van der Waals surface area contributed by atoms with Crippen molar-refractivity contribution in [2.75, 3.05) is 5.32 Å². The highest BCUT2D eigenvalue weighted by Crippen LogP contribution is 2.17. The van der Waals surface area contributed by atoms with Gasteiger partial charge >= 0.3 is 0 Å². The second-order valence-corrected chi connectivity index (χ2v) is 5.06. The van der Waals surface area contributed by atoms with E-state index in [9.17, 15) is 4.79 Å². The minimum Gasteiger partial charge on any atom is -0.378 e. The molecular formula is C12H16BrN5O. The van der Waals surface area contributed by atoms with Gasteiger partial charge in [-0.25, -0.2) is 4.68 Å². The van der Waals surface area contributed by atoms with Crippen LogP contribution in [0.4, 0.5) is 5.69 Å². The van der Waals surface area contributed by atoms with E-state index in [4.69, 9.17) is 0 Å². The van der Waals surface area contributed by atoms with E-state index in [1.807, 2.05) is 30.8 Å². The van der Waals surface area contributed by atoms with Crippen LogP contribution in [0.5, 0.6) is 0 Å². The third kappa shape index (κ3) is 3.23. The summed E-state index contributed by atoms with van der Waals surface area (Å²) in [6, 6.07) is 2.02. The summed E-state index contributed by atoms with van der Waals surface area (Å²) in [6.45, 7) is 5.19. The minimum atomic E-state index is -0.126. The van der Waals surface area contributed by atoms with Gasteiger partial charge in [-0.1, -0.05) is 0 Å². The lowest BCUT2D eigenvalue weighted by Crippen LogP contribution is -2.27. The molecule has 1 unspecified atom stereocenters. The van der Waals surface area contributed by atoms with Gasteiger partial charge in [0.05, 0.1) is 18.4 Å². The number of nitrogens with one attached hydrogen (secondary N) is 1. The highest BCUT2D eigenvalue weighted by atomic mass is 79.9. The SMILES string of the molecule is CCn1ncc(NC(C)Cn2cccn2)c(Br)c1=O. The van der Waals surface area contributed by atoms with Gasteiger partial charge in [0, 0.05) is 25.0 Å². The van der Waals surface area contributed by atoms with Crippen LogP contribution in [0.1, 0.15) is 13.8 Å². The van der Waals surface area contributed by atoms with Gasteiger partial charge < -0.3 is 5.32 Å². The summed E-state index contributed by atoms with van der Waals surface area (Å²) in [4.78, 5) is 11.9. The fourth-order valence-electron chi connectivity index (χ4n) is 1.79. The number of halogens is 1. The summed E-state index contributed by atoms with van der Waals surface area (Å²) in [5.41, 5.74) is 0.577. The van der Waals surface area contributed by atoms with Crippen LogP contribution in [0, 0.1) is 0 Å². The molecule has 0 bridgehead atoms. The van der Waals surface area contributed by atoms with Crippen molar-refractivity contribution in [2.24, 2.45) is 0 Å². The molecule has 102 valence electrons. The first-order chi connectivity index (χ1) is 9.11. The summed E-state index contributed by atoms with van der Waals surface area (Å²) >= 11 is 3.32. The van der Waals surface area contributed by atoms with E-state index in [0.29, 0.717) is 16.7 Å². The maximum absolute atomic E-state index is 11.9. The first-order valence-electron chi connectivity index (χ1n) is 6.11. The minimum absolute atomic E-state index is 0.126. The van der Waals surface area contributed by atoms with Crippen molar-refractivity contribution in [3.63, 3.8) is 0 Å². The van der Waals surface area contributed by atoms with Crippen LogP contribution in [0.25, 0.3) is 0 Å². The molecule has 2 aromatic rings. The fourth-order valence-corrected chi connectivity index (χ4v) is 2.21. The molecule has 6 nitrogen and oxygen atoms in total. The number of anilines is 1. The summed E-state index contributed by atoms with van der Waals surface area (Å²) in [7, 11) is 0. The first kappa shape index (κ1) is 13.8. The maximum Gasteiger partial charge on any atom is 0.283 e. The van der Waals surface area contributed by atoms with Crippen molar-refractivity contribution in [3.8, 4) is 0 Å². The molecule has 0 spiro atoms. The van der Waals surface area contributed by atoms with Crippen molar-refractivity contribution < 1.29 is 0 Å². The van der Waals surface area contributed by atoms with Gasteiger partial charge in [0.25, 0.3) is 5.56 Å². The molecule has 2 heterocycles. The van der Waals surface area contributed by atoms with Gasteiger partial charge in [-0.05, 0) is 35.8 Å². The number of hydrogen-bond donors (Lipinski definition) is 1. The van der Waals surface area contributed by atoms with E-state index in [1.54, 1.807) is 12.4 Å². The molecule has 0 saturated heterocycles. The van der Waals surface area contributed by atoms with Gasteiger partial charge in [-0.15, -0.1) is 0 Å². The molecule has 7 heteroatoms. The molecule has 0 aromatic carbocycles. The van der Waals surface area contributed by atoms with Crippen LogP contribution in [0.2, 0.25) is 0 Å². The highest BCUT2D eigenvalue weighted by molar-refractivity contribution is 9.10. The van der Waals surface area contributed by atoms with Crippen LogP contribution in [-0.4, -0.2) is 25.6 Å². The van der Waals surface area contributed by atoms with Crippen LogP contribution in [-0.2, 0) is 13.1 Å². The van der Waals surface area contributed by atoms with E-state index >= 15 is 0 Å². The van der Waals surface area contributed by atoms with E-state index in [0.717, 1.165) is 6.54 Å². The molecular weight excluding hydrogens is 310 g/mol. The molecule has 0 aliphatic rings. The third-order valence-corrected chi connectivity index (χ3v) is 3.47. The standard InChI is InChI=1S/C12H16BrN5O/c1-3-18-12(19)11(13)10(7-15-18)16-9(2)8-17-6-4-5-14-17/h4-7,9,16H,3,8H2,1-2H3. The molecule has 0 aliphatic carbocycles. The van der Waals surface area contributed by atoms with Crippen LogP contribution >= 0.6 is 15.9 Å². The van der Waals surface area contributed by atoms with Gasteiger partial charge in [0.2, 0.25) is 0 Å². The van der Waals surface area contributed by atoms with Gasteiger partial charge in [0.1, 0.15) is 4.47 Å². The number of nitrogens with zero attached hydrogens (tertiary/aromatic N) is 4. The normalized spacial score (nSPS) is 12.4. The van der Waals surface area contributed by atoms with E-state index in [-0.39, 0.29) is 11.6 Å². The average molecular weight is 326 g/mol. The Labute approximate surface area is 119 Å². The molecule has 1 N–H and O–H groups in total. The van der Waals surface area contributed by atoms with Crippen molar-refractivity contribution in [1.82, 2.24) is 19.6 Å². The van der Waals surface area contributed by atoms with Gasteiger partial charge in [0.15, 0.2) is 0 Å². The van der Waals surface area contributed by atoms with Gasteiger partial charge in [-0.2, -0.15) is 10.2 Å².